The van der Waals surface area contributed by atoms with Crippen molar-refractivity contribution in [3.63, 3.8) is 0 Å². The largest absolute Gasteiger partial charge is 0.316 e. The SMILES string of the molecule is CN1CCN(NC(=O)[C@@H](N)c2ccccc2)CC1. The molecule has 5 heteroatoms. The highest BCUT2D eigenvalue weighted by Gasteiger charge is 2.20. The summed E-state index contributed by atoms with van der Waals surface area (Å²) in [6, 6.07) is 8.82. The van der Waals surface area contributed by atoms with Crippen molar-refractivity contribution in [2.24, 2.45) is 5.73 Å². The molecule has 1 heterocycles. The second-order valence-corrected chi connectivity index (χ2v) is 4.65. The van der Waals surface area contributed by atoms with Gasteiger partial charge >= 0.3 is 0 Å². The predicted molar refractivity (Wildman–Crippen MR) is 70.6 cm³/mol. The fraction of sp³-hybridized carbons (Fsp3) is 0.462. The monoisotopic (exact) mass is 248 g/mol. The number of piperazine rings is 1. The summed E-state index contributed by atoms with van der Waals surface area (Å²) in [7, 11) is 2.08. The molecule has 5 nitrogen and oxygen atoms in total. The van der Waals surface area contributed by atoms with Crippen molar-refractivity contribution in [3.05, 3.63) is 35.9 Å². The first-order valence-electron chi connectivity index (χ1n) is 6.21. The van der Waals surface area contributed by atoms with E-state index in [0.717, 1.165) is 31.7 Å². The number of nitrogens with two attached hydrogens (primary N) is 1. The van der Waals surface area contributed by atoms with Gasteiger partial charge in [0.05, 0.1) is 0 Å². The molecule has 1 aliphatic heterocycles. The minimum absolute atomic E-state index is 0.147. The molecule has 98 valence electrons. The number of rotatable bonds is 3. The van der Waals surface area contributed by atoms with Gasteiger partial charge in [0.25, 0.3) is 5.91 Å². The second-order valence-electron chi connectivity index (χ2n) is 4.65. The fourth-order valence-electron chi connectivity index (χ4n) is 1.96. The number of carbonyl (C=O) groups is 1. The first-order chi connectivity index (χ1) is 8.66. The molecule has 1 aromatic rings. The lowest BCUT2D eigenvalue weighted by molar-refractivity contribution is -0.128. The number of hydrogen-bond acceptors (Lipinski definition) is 4. The van der Waals surface area contributed by atoms with Crippen LogP contribution in [0.15, 0.2) is 30.3 Å². The Morgan fingerprint density at radius 3 is 2.44 bits per heavy atom. The number of carbonyl (C=O) groups excluding carboxylic acids is 1. The topological polar surface area (TPSA) is 61.6 Å². The molecule has 0 aliphatic carbocycles. The van der Waals surface area contributed by atoms with Gasteiger partial charge < -0.3 is 10.6 Å². The lowest BCUT2D eigenvalue weighted by Crippen LogP contribution is -2.54. The van der Waals surface area contributed by atoms with Crippen LogP contribution in [0.3, 0.4) is 0 Å². The second kappa shape index (κ2) is 5.95. The summed E-state index contributed by atoms with van der Waals surface area (Å²) in [4.78, 5) is 14.2. The van der Waals surface area contributed by atoms with E-state index in [1.54, 1.807) is 0 Å². The van der Waals surface area contributed by atoms with Gasteiger partial charge in [-0.1, -0.05) is 30.3 Å². The lowest BCUT2D eigenvalue weighted by Gasteiger charge is -2.33. The summed E-state index contributed by atoms with van der Waals surface area (Å²) in [5.41, 5.74) is 9.65. The summed E-state index contributed by atoms with van der Waals surface area (Å²) in [6.07, 6.45) is 0. The zero-order chi connectivity index (χ0) is 13.0. The van der Waals surface area contributed by atoms with Crippen molar-refractivity contribution in [2.45, 2.75) is 6.04 Å². The van der Waals surface area contributed by atoms with Gasteiger partial charge in [0, 0.05) is 26.2 Å². The Balaban J connectivity index is 1.88. The van der Waals surface area contributed by atoms with E-state index in [0.29, 0.717) is 0 Å². The Morgan fingerprint density at radius 1 is 1.22 bits per heavy atom. The van der Waals surface area contributed by atoms with Gasteiger partial charge in [-0.15, -0.1) is 0 Å². The van der Waals surface area contributed by atoms with Gasteiger partial charge in [0.2, 0.25) is 0 Å². The maximum atomic E-state index is 12.0. The summed E-state index contributed by atoms with van der Waals surface area (Å²) >= 11 is 0. The molecule has 2 rings (SSSR count). The third-order valence-electron chi connectivity index (χ3n) is 3.21. The third-order valence-corrected chi connectivity index (χ3v) is 3.21. The molecule has 1 aliphatic rings. The quantitative estimate of drug-likeness (QED) is 0.788. The van der Waals surface area contributed by atoms with Gasteiger partial charge in [-0.3, -0.25) is 10.2 Å². The summed E-state index contributed by atoms with van der Waals surface area (Å²) in [6.45, 7) is 3.59. The number of benzene rings is 1. The molecule has 0 unspecified atom stereocenters. The summed E-state index contributed by atoms with van der Waals surface area (Å²) in [5.74, 6) is -0.147. The van der Waals surface area contributed by atoms with Crippen LogP contribution in [-0.2, 0) is 4.79 Å². The molecule has 0 saturated carbocycles. The average molecular weight is 248 g/mol. The number of nitrogens with zero attached hydrogens (tertiary/aromatic N) is 2. The highest BCUT2D eigenvalue weighted by atomic mass is 16.2. The zero-order valence-electron chi connectivity index (χ0n) is 10.7. The van der Waals surface area contributed by atoms with Gasteiger partial charge in [0.15, 0.2) is 0 Å². The van der Waals surface area contributed by atoms with E-state index in [-0.39, 0.29) is 5.91 Å². The van der Waals surface area contributed by atoms with Crippen LogP contribution in [0.25, 0.3) is 0 Å². The van der Waals surface area contributed by atoms with Crippen LogP contribution in [0, 0.1) is 0 Å². The maximum Gasteiger partial charge on any atom is 0.255 e. The van der Waals surface area contributed by atoms with Crippen LogP contribution in [-0.4, -0.2) is 49.0 Å². The third kappa shape index (κ3) is 3.29. The number of amides is 1. The van der Waals surface area contributed by atoms with Crippen LogP contribution >= 0.6 is 0 Å². The van der Waals surface area contributed by atoms with E-state index in [1.165, 1.54) is 0 Å². The first kappa shape index (κ1) is 13.0. The van der Waals surface area contributed by atoms with E-state index in [9.17, 15) is 4.79 Å². The molecule has 0 bridgehead atoms. The molecular formula is C13H20N4O. The smallest absolute Gasteiger partial charge is 0.255 e. The normalized spacial score (nSPS) is 19.4. The van der Waals surface area contributed by atoms with Crippen LogP contribution in [0.4, 0.5) is 0 Å². The van der Waals surface area contributed by atoms with Gasteiger partial charge in [-0.05, 0) is 12.6 Å². The molecule has 0 aromatic heterocycles. The fourth-order valence-corrected chi connectivity index (χ4v) is 1.96. The van der Waals surface area contributed by atoms with Crippen molar-refractivity contribution in [3.8, 4) is 0 Å². The molecular weight excluding hydrogens is 228 g/mol. The molecule has 1 atom stereocenters. The van der Waals surface area contributed by atoms with Crippen LogP contribution < -0.4 is 11.2 Å². The molecule has 18 heavy (non-hydrogen) atoms. The van der Waals surface area contributed by atoms with Gasteiger partial charge in [0.1, 0.15) is 6.04 Å². The van der Waals surface area contributed by atoms with Crippen molar-refractivity contribution >= 4 is 5.91 Å². The molecule has 3 N–H and O–H groups in total. The average Bonchev–Trinajstić information content (AvgIpc) is 2.41. The minimum atomic E-state index is -0.606. The predicted octanol–water partition coefficient (Wildman–Crippen LogP) is -0.0350. The van der Waals surface area contributed by atoms with E-state index < -0.39 is 6.04 Å². The Hall–Kier alpha value is -1.43. The zero-order valence-corrected chi connectivity index (χ0v) is 10.7. The number of hydrazine groups is 1. The van der Waals surface area contributed by atoms with Gasteiger partial charge in [-0.25, -0.2) is 5.01 Å². The van der Waals surface area contributed by atoms with Crippen LogP contribution in [0.2, 0.25) is 0 Å². The van der Waals surface area contributed by atoms with E-state index in [2.05, 4.69) is 17.4 Å². The number of nitrogens with one attached hydrogen (secondary N) is 1. The van der Waals surface area contributed by atoms with Gasteiger partial charge in [-0.2, -0.15) is 0 Å². The lowest BCUT2D eigenvalue weighted by atomic mass is 10.1. The first-order valence-corrected chi connectivity index (χ1v) is 6.21. The molecule has 1 saturated heterocycles. The Bertz CT molecular complexity index is 387. The van der Waals surface area contributed by atoms with E-state index in [4.69, 9.17) is 5.73 Å². The highest BCUT2D eigenvalue weighted by Crippen LogP contribution is 2.09. The van der Waals surface area contributed by atoms with Crippen LogP contribution in [0.5, 0.6) is 0 Å². The van der Waals surface area contributed by atoms with Crippen molar-refractivity contribution in [1.82, 2.24) is 15.3 Å². The maximum absolute atomic E-state index is 12.0. The molecule has 0 radical (unpaired) electrons. The number of hydrogen-bond donors (Lipinski definition) is 2. The van der Waals surface area contributed by atoms with Crippen molar-refractivity contribution < 1.29 is 4.79 Å². The summed E-state index contributed by atoms with van der Waals surface area (Å²) < 4.78 is 0. The van der Waals surface area contributed by atoms with Crippen molar-refractivity contribution in [2.75, 3.05) is 33.2 Å². The Kier molecular flexibility index (Phi) is 4.30. The Morgan fingerprint density at radius 2 is 1.83 bits per heavy atom. The highest BCUT2D eigenvalue weighted by molar-refractivity contribution is 5.82. The number of likely N-dealkylation sites (N-methyl/N-ethyl adjacent to an activating group) is 1. The standard InChI is InChI=1S/C13H20N4O/c1-16-7-9-17(10-8-16)15-13(18)12(14)11-5-3-2-4-6-11/h2-6,12H,7-10,14H2,1H3,(H,15,18)/t12-/m0/s1. The van der Waals surface area contributed by atoms with E-state index >= 15 is 0 Å². The van der Waals surface area contributed by atoms with Crippen LogP contribution in [0.1, 0.15) is 11.6 Å². The molecule has 1 amide bonds. The molecule has 1 aromatic carbocycles. The molecule has 1 fully saturated rings. The minimum Gasteiger partial charge on any atom is -0.316 e. The summed E-state index contributed by atoms with van der Waals surface area (Å²) in [5, 5.41) is 1.94. The molecule has 0 spiro atoms. The van der Waals surface area contributed by atoms with E-state index in [1.807, 2.05) is 35.3 Å². The Labute approximate surface area is 108 Å². The van der Waals surface area contributed by atoms with Crippen molar-refractivity contribution in [1.29, 1.82) is 0 Å².